The van der Waals surface area contributed by atoms with E-state index in [0.717, 1.165) is 14.7 Å². The predicted octanol–water partition coefficient (Wildman–Crippen LogP) is -2.56. The first kappa shape index (κ1) is 30.3. The number of imide groups is 2. The molecule has 0 spiro atoms. The van der Waals surface area contributed by atoms with E-state index < -0.39 is 53.2 Å². The van der Waals surface area contributed by atoms with Gasteiger partial charge in [0.15, 0.2) is 0 Å². The molecule has 206 valence electrons. The third kappa shape index (κ3) is 5.75. The zero-order valence-corrected chi connectivity index (χ0v) is 25.1. The fraction of sp³-hybridized carbons (Fsp3) is 0.259. The number of nitrogens with one attached hydrogen (secondary N) is 2. The molecule has 2 aromatic carbocycles. The minimum Gasteiger partial charge on any atom is -0.543 e. The van der Waals surface area contributed by atoms with Gasteiger partial charge in [0, 0.05) is 17.9 Å². The van der Waals surface area contributed by atoms with Crippen LogP contribution < -0.4 is 45.3 Å². The monoisotopic (exact) mass is 585 g/mol. The first-order chi connectivity index (χ1) is 19.2. The number of rotatable bonds is 6. The van der Waals surface area contributed by atoms with E-state index in [-0.39, 0.29) is 48.3 Å². The first-order valence-corrected chi connectivity index (χ1v) is 13.4. The van der Waals surface area contributed by atoms with E-state index >= 15 is 0 Å². The van der Waals surface area contributed by atoms with Gasteiger partial charge in [-0.3, -0.25) is 24.2 Å². The van der Waals surface area contributed by atoms with E-state index in [1.807, 2.05) is 0 Å². The van der Waals surface area contributed by atoms with Crippen molar-refractivity contribution in [2.24, 2.45) is 0 Å². The van der Waals surface area contributed by atoms with Crippen molar-refractivity contribution in [2.45, 2.75) is 24.4 Å². The number of carboxylic acids is 1. The van der Waals surface area contributed by atoms with Gasteiger partial charge in [-0.25, -0.2) is 14.5 Å². The van der Waals surface area contributed by atoms with Crippen LogP contribution in [0.1, 0.15) is 28.9 Å². The molecule has 3 heterocycles. The number of carbonyl (C=O) groups excluding carboxylic acids is 6. The second kappa shape index (κ2) is 12.5. The number of urea groups is 2. The van der Waals surface area contributed by atoms with Crippen molar-refractivity contribution in [2.75, 3.05) is 18.8 Å². The van der Waals surface area contributed by atoms with Gasteiger partial charge in [0.1, 0.15) is 17.5 Å². The molecule has 41 heavy (non-hydrogen) atoms. The van der Waals surface area contributed by atoms with Crippen LogP contribution in [0.3, 0.4) is 0 Å². The van der Waals surface area contributed by atoms with Gasteiger partial charge in [-0.2, -0.15) is 0 Å². The van der Waals surface area contributed by atoms with Gasteiger partial charge >= 0.3 is 41.6 Å². The minimum absolute atomic E-state index is 0. The van der Waals surface area contributed by atoms with E-state index in [1.54, 1.807) is 67.6 Å². The van der Waals surface area contributed by atoms with Gasteiger partial charge in [-0.15, -0.1) is 11.8 Å². The molecule has 12 nitrogen and oxygen atoms in total. The van der Waals surface area contributed by atoms with Crippen LogP contribution in [0.25, 0.3) is 0 Å². The van der Waals surface area contributed by atoms with Crippen molar-refractivity contribution in [3.63, 3.8) is 0 Å². The Morgan fingerprint density at radius 1 is 0.951 bits per heavy atom. The first-order valence-electron chi connectivity index (χ1n) is 12.4. The number of fused-ring (bicyclic) bond motifs is 1. The summed E-state index contributed by atoms with van der Waals surface area (Å²) in [6.07, 6.45) is 0. The summed E-state index contributed by atoms with van der Waals surface area (Å²) in [5.41, 5.74) is 0.979. The Balaban J connectivity index is 0.00000387. The summed E-state index contributed by atoms with van der Waals surface area (Å²) >= 11 is 1.30. The topological polar surface area (TPSA) is 159 Å². The van der Waals surface area contributed by atoms with Crippen LogP contribution in [0.5, 0.6) is 0 Å². The minimum atomic E-state index is -1.47. The largest absolute Gasteiger partial charge is 1.00 e. The second-order valence-electron chi connectivity index (χ2n) is 9.36. The second-order valence-corrected chi connectivity index (χ2v) is 10.5. The maximum absolute atomic E-state index is 13.4. The van der Waals surface area contributed by atoms with E-state index in [2.05, 4.69) is 10.6 Å². The number of nitrogens with zero attached hydrogens (tertiary/aromatic N) is 3. The SMILES string of the molecule is CC1=C(C(=O)[O-])N2C(=O)C(NC(=O)[C@H](NC(=O)N3CCN(C(=O)c4ccccc4)C3=O)c3ccccc3)[C@H]2SC1.[Na+]. The average Bonchev–Trinajstić information content (AvgIpc) is 3.35. The molecule has 2 saturated heterocycles. The van der Waals surface area contributed by atoms with Crippen molar-refractivity contribution in [1.29, 1.82) is 0 Å². The van der Waals surface area contributed by atoms with Crippen molar-refractivity contribution >= 4 is 47.5 Å². The number of aliphatic carboxylic acids is 1. The molecule has 7 amide bonds. The molecule has 14 heteroatoms. The molecular formula is C27H24N5NaO7S. The molecule has 3 atom stereocenters. The summed E-state index contributed by atoms with van der Waals surface area (Å²) in [6, 6.07) is 12.4. The Kier molecular flexibility index (Phi) is 9.22. The van der Waals surface area contributed by atoms with Gasteiger partial charge in [-0.1, -0.05) is 48.5 Å². The summed E-state index contributed by atoms with van der Waals surface area (Å²) in [7, 11) is 0. The van der Waals surface area contributed by atoms with E-state index in [1.165, 1.54) is 11.8 Å². The van der Waals surface area contributed by atoms with Crippen molar-refractivity contribution < 1.29 is 63.4 Å². The molecule has 0 aliphatic carbocycles. The van der Waals surface area contributed by atoms with Crippen molar-refractivity contribution in [3.8, 4) is 0 Å². The van der Waals surface area contributed by atoms with Crippen LogP contribution in [0.2, 0.25) is 0 Å². The van der Waals surface area contributed by atoms with Crippen molar-refractivity contribution in [1.82, 2.24) is 25.3 Å². The Morgan fingerprint density at radius 2 is 1.56 bits per heavy atom. The normalized spacial score (nSPS) is 20.5. The molecule has 0 radical (unpaired) electrons. The number of β-lactam (4-membered cyclic amide) rings is 1. The fourth-order valence-electron chi connectivity index (χ4n) is 4.80. The summed E-state index contributed by atoms with van der Waals surface area (Å²) in [5.74, 6) is -2.99. The molecular weight excluding hydrogens is 561 g/mol. The number of carboxylic acid groups (broad SMARTS) is 1. The molecule has 0 saturated carbocycles. The number of hydrogen-bond acceptors (Lipinski definition) is 8. The van der Waals surface area contributed by atoms with Gasteiger partial charge < -0.3 is 20.5 Å². The smallest absolute Gasteiger partial charge is 0.543 e. The molecule has 1 unspecified atom stereocenters. The van der Waals surface area contributed by atoms with E-state index in [0.29, 0.717) is 22.5 Å². The van der Waals surface area contributed by atoms with Gasteiger partial charge in [-0.05, 0) is 30.2 Å². The van der Waals surface area contributed by atoms with E-state index in [4.69, 9.17) is 0 Å². The number of amides is 7. The Bertz CT molecular complexity index is 1440. The predicted molar refractivity (Wildman–Crippen MR) is 140 cm³/mol. The standard InChI is InChI=1S/C27H25N5O7S.Na/c1-15-14-40-24-19(23(35)32(24)20(15)25(36)37)28-21(33)18(16-8-4-2-5-9-16)29-26(38)31-13-12-30(27(31)39)22(34)17-10-6-3-7-11-17;/h2-11,18-19,24H,12-14H2,1H3,(H,28,33)(H,29,38)(H,36,37);/q;+1/p-1/t18-,19?,24-;/m1./s1. The maximum atomic E-state index is 13.4. The molecule has 2 N–H and O–H groups in total. The summed E-state index contributed by atoms with van der Waals surface area (Å²) in [5, 5.41) is 16.1. The molecule has 3 aliphatic heterocycles. The average molecular weight is 586 g/mol. The summed E-state index contributed by atoms with van der Waals surface area (Å²) in [4.78, 5) is 79.6. The number of carbonyl (C=O) groups is 6. The maximum Gasteiger partial charge on any atom is 1.00 e. The summed E-state index contributed by atoms with van der Waals surface area (Å²) < 4.78 is 0. The van der Waals surface area contributed by atoms with Gasteiger partial charge in [0.25, 0.3) is 11.8 Å². The van der Waals surface area contributed by atoms with Gasteiger partial charge in [0.05, 0.1) is 18.2 Å². The van der Waals surface area contributed by atoms with Crippen LogP contribution in [0, 0.1) is 0 Å². The zero-order chi connectivity index (χ0) is 28.6. The molecule has 5 rings (SSSR count). The molecule has 0 aromatic heterocycles. The van der Waals surface area contributed by atoms with Crippen LogP contribution >= 0.6 is 11.8 Å². The molecule has 2 fully saturated rings. The van der Waals surface area contributed by atoms with Crippen molar-refractivity contribution in [3.05, 3.63) is 83.1 Å². The zero-order valence-electron chi connectivity index (χ0n) is 22.2. The fourth-order valence-corrected chi connectivity index (χ4v) is 6.09. The van der Waals surface area contributed by atoms with Gasteiger partial charge in [0.2, 0.25) is 5.91 Å². The number of hydrogen-bond donors (Lipinski definition) is 2. The molecule has 3 aliphatic rings. The third-order valence-electron chi connectivity index (χ3n) is 6.83. The summed E-state index contributed by atoms with van der Waals surface area (Å²) in [6.45, 7) is 1.52. The molecule has 0 bridgehead atoms. The molecule has 2 aromatic rings. The number of benzene rings is 2. The quantitative estimate of drug-likeness (QED) is 0.277. The van der Waals surface area contributed by atoms with Crippen LogP contribution in [0.15, 0.2) is 71.9 Å². The Labute approximate surface area is 261 Å². The third-order valence-corrected chi connectivity index (χ3v) is 8.26. The Morgan fingerprint density at radius 3 is 2.20 bits per heavy atom. The number of thioether (sulfide) groups is 1. The van der Waals surface area contributed by atoms with E-state index in [9.17, 15) is 33.9 Å². The van der Waals surface area contributed by atoms with Crippen LogP contribution in [-0.4, -0.2) is 80.7 Å². The van der Waals surface area contributed by atoms with Crippen LogP contribution in [0.4, 0.5) is 9.59 Å². The van der Waals surface area contributed by atoms with Crippen LogP contribution in [-0.2, 0) is 14.4 Å². The Hall–Kier alpha value is -3.65.